The summed E-state index contributed by atoms with van der Waals surface area (Å²) in [6, 6.07) is 0. The van der Waals surface area contributed by atoms with Crippen LogP contribution in [0.1, 0.15) is 11.6 Å². The Morgan fingerprint density at radius 3 is 2.55 bits per heavy atom. The molecule has 1 aromatic rings. The summed E-state index contributed by atoms with van der Waals surface area (Å²) in [4.78, 5) is 0. The van der Waals surface area contributed by atoms with E-state index < -0.39 is 0 Å². The molecule has 0 fully saturated rings. The zero-order chi connectivity index (χ0) is 8.27. The van der Waals surface area contributed by atoms with Gasteiger partial charge in [0.05, 0.1) is 6.54 Å². The molecule has 62 valence electrons. The molecule has 11 heavy (non-hydrogen) atoms. The van der Waals surface area contributed by atoms with Crippen molar-refractivity contribution in [2.75, 3.05) is 7.11 Å². The molecule has 0 amide bonds. The van der Waals surface area contributed by atoms with Crippen LogP contribution in [0.5, 0.6) is 0 Å². The third kappa shape index (κ3) is 1.55. The maximum absolute atomic E-state index is 5.40. The molecule has 0 saturated heterocycles. The summed E-state index contributed by atoms with van der Waals surface area (Å²) in [6.45, 7) is 0.886. The third-order valence-electron chi connectivity index (χ3n) is 1.51. The zero-order valence-electron chi connectivity index (χ0n) is 6.74. The summed E-state index contributed by atoms with van der Waals surface area (Å²) in [5.74, 6) is 1.57. The highest BCUT2D eigenvalue weighted by atomic mass is 16.5. The van der Waals surface area contributed by atoms with Gasteiger partial charge >= 0.3 is 0 Å². The van der Waals surface area contributed by atoms with Crippen molar-refractivity contribution in [1.29, 1.82) is 0 Å². The van der Waals surface area contributed by atoms with E-state index in [1.54, 1.807) is 7.11 Å². The van der Waals surface area contributed by atoms with Gasteiger partial charge in [0.2, 0.25) is 0 Å². The largest absolute Gasteiger partial charge is 0.377 e. The van der Waals surface area contributed by atoms with Gasteiger partial charge in [-0.2, -0.15) is 0 Å². The van der Waals surface area contributed by atoms with Crippen LogP contribution >= 0.6 is 0 Å². The molecule has 0 aliphatic carbocycles. The van der Waals surface area contributed by atoms with Gasteiger partial charge in [-0.1, -0.05) is 0 Å². The molecule has 0 aliphatic rings. The van der Waals surface area contributed by atoms with E-state index in [0.29, 0.717) is 13.2 Å². The minimum Gasteiger partial charge on any atom is -0.377 e. The first-order valence-corrected chi connectivity index (χ1v) is 3.35. The summed E-state index contributed by atoms with van der Waals surface area (Å²) < 4.78 is 6.74. The normalized spacial score (nSPS) is 10.5. The standard InChI is InChI=1S/C6H12N4O/c1-10-5(3-7)8-9-6(10)4-11-2/h3-4,7H2,1-2H3. The first-order valence-electron chi connectivity index (χ1n) is 3.35. The highest BCUT2D eigenvalue weighted by Gasteiger charge is 2.04. The van der Waals surface area contributed by atoms with Crippen LogP contribution in [0.4, 0.5) is 0 Å². The summed E-state index contributed by atoms with van der Waals surface area (Å²) in [5, 5.41) is 7.75. The monoisotopic (exact) mass is 156 g/mol. The van der Waals surface area contributed by atoms with Crippen LogP contribution in [0, 0.1) is 0 Å². The van der Waals surface area contributed by atoms with Crippen LogP contribution < -0.4 is 5.73 Å². The molecule has 0 spiro atoms. The highest BCUT2D eigenvalue weighted by Crippen LogP contribution is 1.98. The van der Waals surface area contributed by atoms with Crippen LogP contribution in [0.15, 0.2) is 0 Å². The molecular formula is C6H12N4O. The van der Waals surface area contributed by atoms with Crippen molar-refractivity contribution in [2.24, 2.45) is 12.8 Å². The van der Waals surface area contributed by atoms with E-state index in [1.807, 2.05) is 11.6 Å². The van der Waals surface area contributed by atoms with Crippen LogP contribution in [0.25, 0.3) is 0 Å². The topological polar surface area (TPSA) is 66.0 Å². The Balaban J connectivity index is 2.82. The zero-order valence-corrected chi connectivity index (χ0v) is 6.74. The van der Waals surface area contributed by atoms with Crippen molar-refractivity contribution in [3.63, 3.8) is 0 Å². The van der Waals surface area contributed by atoms with Gasteiger partial charge in [0.15, 0.2) is 5.82 Å². The van der Waals surface area contributed by atoms with Gasteiger partial charge in [-0.3, -0.25) is 0 Å². The Morgan fingerprint density at radius 1 is 1.45 bits per heavy atom. The smallest absolute Gasteiger partial charge is 0.158 e. The van der Waals surface area contributed by atoms with Crippen molar-refractivity contribution < 1.29 is 4.74 Å². The van der Waals surface area contributed by atoms with Gasteiger partial charge in [0, 0.05) is 14.2 Å². The second kappa shape index (κ2) is 3.45. The predicted molar refractivity (Wildman–Crippen MR) is 39.6 cm³/mol. The number of rotatable bonds is 3. The fraction of sp³-hybridized carbons (Fsp3) is 0.667. The van der Waals surface area contributed by atoms with Gasteiger partial charge in [-0.15, -0.1) is 10.2 Å². The Bertz CT molecular complexity index is 232. The number of aromatic nitrogens is 3. The van der Waals surface area contributed by atoms with E-state index in [0.717, 1.165) is 11.6 Å². The second-order valence-electron chi connectivity index (χ2n) is 2.23. The lowest BCUT2D eigenvalue weighted by molar-refractivity contribution is 0.175. The molecule has 0 saturated carbocycles. The van der Waals surface area contributed by atoms with Crippen molar-refractivity contribution in [3.05, 3.63) is 11.6 Å². The number of hydrogen-bond donors (Lipinski definition) is 1. The molecule has 0 atom stereocenters. The molecule has 0 bridgehead atoms. The lowest BCUT2D eigenvalue weighted by Crippen LogP contribution is -2.07. The number of hydrogen-bond acceptors (Lipinski definition) is 4. The summed E-state index contributed by atoms with van der Waals surface area (Å²) >= 11 is 0. The molecule has 2 N–H and O–H groups in total. The quantitative estimate of drug-likeness (QED) is 0.636. The number of nitrogens with zero attached hydrogens (tertiary/aromatic N) is 3. The Hall–Kier alpha value is -0.940. The van der Waals surface area contributed by atoms with Gasteiger partial charge < -0.3 is 15.0 Å². The van der Waals surface area contributed by atoms with E-state index >= 15 is 0 Å². The summed E-state index contributed by atoms with van der Waals surface area (Å²) in [5.41, 5.74) is 5.40. The van der Waals surface area contributed by atoms with E-state index in [-0.39, 0.29) is 0 Å². The van der Waals surface area contributed by atoms with Gasteiger partial charge in [0.1, 0.15) is 12.4 Å². The maximum Gasteiger partial charge on any atom is 0.158 e. The number of ether oxygens (including phenoxy) is 1. The van der Waals surface area contributed by atoms with Gasteiger partial charge in [0.25, 0.3) is 0 Å². The third-order valence-corrected chi connectivity index (χ3v) is 1.51. The molecule has 5 nitrogen and oxygen atoms in total. The van der Waals surface area contributed by atoms with E-state index in [9.17, 15) is 0 Å². The maximum atomic E-state index is 5.40. The van der Waals surface area contributed by atoms with Crippen LogP contribution in [-0.4, -0.2) is 21.9 Å². The fourth-order valence-corrected chi connectivity index (χ4v) is 0.831. The average Bonchev–Trinajstić information content (AvgIpc) is 2.34. The number of nitrogens with two attached hydrogens (primary N) is 1. The molecule has 0 aliphatic heterocycles. The molecule has 0 aromatic carbocycles. The molecule has 5 heteroatoms. The van der Waals surface area contributed by atoms with E-state index in [1.165, 1.54) is 0 Å². The van der Waals surface area contributed by atoms with Crippen molar-refractivity contribution >= 4 is 0 Å². The van der Waals surface area contributed by atoms with Crippen LogP contribution in [-0.2, 0) is 24.9 Å². The molecule has 0 unspecified atom stereocenters. The average molecular weight is 156 g/mol. The molecule has 0 radical (unpaired) electrons. The lowest BCUT2D eigenvalue weighted by Gasteiger charge is -1.99. The van der Waals surface area contributed by atoms with E-state index in [2.05, 4.69) is 10.2 Å². The minimum absolute atomic E-state index is 0.410. The Kier molecular flexibility index (Phi) is 2.56. The first kappa shape index (κ1) is 8.16. The summed E-state index contributed by atoms with van der Waals surface area (Å²) in [6.07, 6.45) is 0. The van der Waals surface area contributed by atoms with Crippen LogP contribution in [0.3, 0.4) is 0 Å². The minimum atomic E-state index is 0.410. The van der Waals surface area contributed by atoms with Crippen molar-refractivity contribution in [3.8, 4) is 0 Å². The predicted octanol–water partition coefficient (Wildman–Crippen LogP) is -0.580. The lowest BCUT2D eigenvalue weighted by atomic mass is 10.5. The van der Waals surface area contributed by atoms with Crippen LogP contribution in [0.2, 0.25) is 0 Å². The molecular weight excluding hydrogens is 144 g/mol. The Morgan fingerprint density at radius 2 is 2.09 bits per heavy atom. The highest BCUT2D eigenvalue weighted by molar-refractivity contribution is 4.92. The molecule has 1 aromatic heterocycles. The van der Waals surface area contributed by atoms with Gasteiger partial charge in [-0.05, 0) is 0 Å². The second-order valence-corrected chi connectivity index (χ2v) is 2.23. The first-order chi connectivity index (χ1) is 5.29. The Labute approximate surface area is 65.2 Å². The van der Waals surface area contributed by atoms with E-state index in [4.69, 9.17) is 10.5 Å². The van der Waals surface area contributed by atoms with Gasteiger partial charge in [-0.25, -0.2) is 0 Å². The van der Waals surface area contributed by atoms with Crippen molar-refractivity contribution in [2.45, 2.75) is 13.2 Å². The number of methoxy groups -OCH3 is 1. The SMILES string of the molecule is COCc1nnc(CN)n1C. The molecule has 1 heterocycles. The summed E-state index contributed by atoms with van der Waals surface area (Å²) in [7, 11) is 3.49. The fourth-order valence-electron chi connectivity index (χ4n) is 0.831. The molecule has 1 rings (SSSR count). The van der Waals surface area contributed by atoms with Crippen molar-refractivity contribution in [1.82, 2.24) is 14.8 Å².